The molecule has 0 aliphatic rings. The van der Waals surface area contributed by atoms with Crippen molar-refractivity contribution in [3.8, 4) is 11.1 Å². The molecule has 0 heterocycles. The average Bonchev–Trinajstić information content (AvgIpc) is 2.36. The lowest BCUT2D eigenvalue weighted by molar-refractivity contribution is 0.0697. The topological polar surface area (TPSA) is 37.3 Å². The van der Waals surface area contributed by atoms with Gasteiger partial charge in [0, 0.05) is 5.56 Å². The Kier molecular flexibility index (Phi) is 3.58. The van der Waals surface area contributed by atoms with Crippen molar-refractivity contribution < 1.29 is 14.3 Å². The molecule has 0 unspecified atom stereocenters. The highest BCUT2D eigenvalue weighted by atomic mass is 35.5. The van der Waals surface area contributed by atoms with Crippen LogP contribution in [-0.2, 0) is 0 Å². The van der Waals surface area contributed by atoms with E-state index in [4.69, 9.17) is 16.7 Å². The number of hydrogen-bond donors (Lipinski definition) is 1. The molecule has 0 radical (unpaired) electrons. The quantitative estimate of drug-likeness (QED) is 0.880. The summed E-state index contributed by atoms with van der Waals surface area (Å²) in [4.78, 5) is 10.9. The number of halogens is 2. The molecule has 1 N–H and O–H groups in total. The predicted molar refractivity (Wildman–Crippen MR) is 73.3 cm³/mol. The highest BCUT2D eigenvalue weighted by Gasteiger charge is 2.15. The van der Waals surface area contributed by atoms with Crippen LogP contribution in [0.15, 0.2) is 30.3 Å². The van der Waals surface area contributed by atoms with Gasteiger partial charge in [-0.1, -0.05) is 23.7 Å². The summed E-state index contributed by atoms with van der Waals surface area (Å²) < 4.78 is 14.2. The lowest BCUT2D eigenvalue weighted by atomic mass is 9.96. The molecule has 19 heavy (non-hydrogen) atoms. The molecular formula is C15H12ClFO2. The van der Waals surface area contributed by atoms with Gasteiger partial charge < -0.3 is 5.11 Å². The van der Waals surface area contributed by atoms with Crippen molar-refractivity contribution in [1.82, 2.24) is 0 Å². The molecule has 0 saturated carbocycles. The van der Waals surface area contributed by atoms with E-state index in [1.165, 1.54) is 12.1 Å². The fourth-order valence-corrected chi connectivity index (χ4v) is 2.23. The standard InChI is InChI=1S/C15H12ClFO2/c1-8-3-6-12(16)13(14(8)17)11-5-4-10(15(18)19)7-9(11)2/h3-7H,1-2H3,(H,18,19). The number of benzene rings is 2. The second kappa shape index (κ2) is 5.02. The van der Waals surface area contributed by atoms with Crippen LogP contribution < -0.4 is 0 Å². The number of carbonyl (C=O) groups is 1. The Bertz CT molecular complexity index is 665. The first-order valence-corrected chi connectivity index (χ1v) is 6.08. The molecule has 0 amide bonds. The van der Waals surface area contributed by atoms with E-state index in [0.29, 0.717) is 27.3 Å². The summed E-state index contributed by atoms with van der Waals surface area (Å²) in [6.07, 6.45) is 0. The normalized spacial score (nSPS) is 10.5. The summed E-state index contributed by atoms with van der Waals surface area (Å²) in [6, 6.07) is 7.79. The first-order valence-electron chi connectivity index (χ1n) is 5.70. The molecule has 0 aromatic heterocycles. The third-order valence-electron chi connectivity index (χ3n) is 3.03. The molecule has 0 bridgehead atoms. The zero-order valence-electron chi connectivity index (χ0n) is 10.5. The van der Waals surface area contributed by atoms with Gasteiger partial charge in [-0.3, -0.25) is 0 Å². The van der Waals surface area contributed by atoms with E-state index in [0.717, 1.165) is 0 Å². The molecule has 2 nitrogen and oxygen atoms in total. The van der Waals surface area contributed by atoms with Gasteiger partial charge in [-0.05, 0) is 48.7 Å². The van der Waals surface area contributed by atoms with Crippen molar-refractivity contribution in [3.05, 3.63) is 57.9 Å². The van der Waals surface area contributed by atoms with Gasteiger partial charge in [0.15, 0.2) is 0 Å². The lowest BCUT2D eigenvalue weighted by Gasteiger charge is -2.11. The molecule has 2 aromatic carbocycles. The summed E-state index contributed by atoms with van der Waals surface area (Å²) >= 11 is 6.05. The minimum absolute atomic E-state index is 0.172. The monoisotopic (exact) mass is 278 g/mol. The molecule has 4 heteroatoms. The second-order valence-corrected chi connectivity index (χ2v) is 4.80. The van der Waals surface area contributed by atoms with Crippen molar-refractivity contribution in [3.63, 3.8) is 0 Å². The fraction of sp³-hybridized carbons (Fsp3) is 0.133. The van der Waals surface area contributed by atoms with Crippen LogP contribution in [0.25, 0.3) is 11.1 Å². The number of aromatic carboxylic acids is 1. The van der Waals surface area contributed by atoms with Crippen molar-refractivity contribution >= 4 is 17.6 Å². The predicted octanol–water partition coefficient (Wildman–Crippen LogP) is 4.46. The van der Waals surface area contributed by atoms with Crippen LogP contribution in [0.3, 0.4) is 0 Å². The summed E-state index contributed by atoms with van der Waals surface area (Å²) in [5.41, 5.74) is 2.27. The first-order chi connectivity index (χ1) is 8.91. The van der Waals surface area contributed by atoms with Crippen LogP contribution in [0.4, 0.5) is 4.39 Å². The summed E-state index contributed by atoms with van der Waals surface area (Å²) in [6.45, 7) is 3.40. The number of hydrogen-bond acceptors (Lipinski definition) is 1. The van der Waals surface area contributed by atoms with Crippen LogP contribution in [0.5, 0.6) is 0 Å². The van der Waals surface area contributed by atoms with Gasteiger partial charge in [-0.15, -0.1) is 0 Å². The van der Waals surface area contributed by atoms with Gasteiger partial charge in [-0.25, -0.2) is 9.18 Å². The summed E-state index contributed by atoms with van der Waals surface area (Å²) in [7, 11) is 0. The summed E-state index contributed by atoms with van der Waals surface area (Å²) in [5.74, 6) is -1.39. The van der Waals surface area contributed by atoms with E-state index in [2.05, 4.69) is 0 Å². The second-order valence-electron chi connectivity index (χ2n) is 4.39. The van der Waals surface area contributed by atoms with E-state index in [1.54, 1.807) is 32.0 Å². The largest absolute Gasteiger partial charge is 0.478 e. The number of rotatable bonds is 2. The van der Waals surface area contributed by atoms with Gasteiger partial charge in [0.05, 0.1) is 10.6 Å². The first kappa shape index (κ1) is 13.6. The van der Waals surface area contributed by atoms with Crippen LogP contribution in [-0.4, -0.2) is 11.1 Å². The Morgan fingerprint density at radius 1 is 1.16 bits per heavy atom. The molecule has 0 fully saturated rings. The Morgan fingerprint density at radius 3 is 2.42 bits per heavy atom. The molecule has 2 rings (SSSR count). The van der Waals surface area contributed by atoms with Gasteiger partial charge in [-0.2, -0.15) is 0 Å². The van der Waals surface area contributed by atoms with E-state index in [-0.39, 0.29) is 11.4 Å². The van der Waals surface area contributed by atoms with Crippen molar-refractivity contribution in [2.24, 2.45) is 0 Å². The maximum atomic E-state index is 14.2. The van der Waals surface area contributed by atoms with Crippen LogP contribution >= 0.6 is 11.6 Å². The van der Waals surface area contributed by atoms with Gasteiger partial charge >= 0.3 is 5.97 Å². The molecule has 0 saturated heterocycles. The van der Waals surface area contributed by atoms with E-state index < -0.39 is 5.97 Å². The van der Waals surface area contributed by atoms with Crippen molar-refractivity contribution in [2.75, 3.05) is 0 Å². The zero-order chi connectivity index (χ0) is 14.2. The Morgan fingerprint density at radius 2 is 1.84 bits per heavy atom. The fourth-order valence-electron chi connectivity index (χ4n) is 1.98. The molecule has 0 atom stereocenters. The number of carboxylic acid groups (broad SMARTS) is 1. The Hall–Kier alpha value is -1.87. The maximum absolute atomic E-state index is 14.2. The van der Waals surface area contributed by atoms with Gasteiger partial charge in [0.1, 0.15) is 5.82 Å². The molecule has 2 aromatic rings. The SMILES string of the molecule is Cc1cc(C(=O)O)ccc1-c1c(Cl)ccc(C)c1F. The third kappa shape index (κ3) is 2.47. The van der Waals surface area contributed by atoms with E-state index >= 15 is 0 Å². The minimum Gasteiger partial charge on any atom is -0.478 e. The van der Waals surface area contributed by atoms with Crippen molar-refractivity contribution in [2.45, 2.75) is 13.8 Å². The number of carboxylic acids is 1. The third-order valence-corrected chi connectivity index (χ3v) is 3.34. The van der Waals surface area contributed by atoms with Crippen molar-refractivity contribution in [1.29, 1.82) is 0 Å². The molecule has 0 spiro atoms. The minimum atomic E-state index is -1.01. The Labute approximate surface area is 115 Å². The summed E-state index contributed by atoms with van der Waals surface area (Å²) in [5, 5.41) is 9.24. The van der Waals surface area contributed by atoms with E-state index in [9.17, 15) is 9.18 Å². The van der Waals surface area contributed by atoms with Crippen LogP contribution in [0, 0.1) is 19.7 Å². The van der Waals surface area contributed by atoms with Crippen LogP contribution in [0.2, 0.25) is 5.02 Å². The molecule has 0 aliphatic carbocycles. The maximum Gasteiger partial charge on any atom is 0.335 e. The number of aryl methyl sites for hydroxylation is 2. The highest BCUT2D eigenvalue weighted by molar-refractivity contribution is 6.33. The van der Waals surface area contributed by atoms with E-state index in [1.807, 2.05) is 0 Å². The smallest absolute Gasteiger partial charge is 0.335 e. The zero-order valence-corrected chi connectivity index (χ0v) is 11.3. The lowest BCUT2D eigenvalue weighted by Crippen LogP contribution is -1.98. The van der Waals surface area contributed by atoms with Gasteiger partial charge in [0.25, 0.3) is 0 Å². The van der Waals surface area contributed by atoms with Gasteiger partial charge in [0.2, 0.25) is 0 Å². The Balaban J connectivity index is 2.66. The average molecular weight is 279 g/mol. The molecule has 98 valence electrons. The van der Waals surface area contributed by atoms with Crippen LogP contribution in [0.1, 0.15) is 21.5 Å². The molecule has 0 aliphatic heterocycles. The molecular weight excluding hydrogens is 267 g/mol. The highest BCUT2D eigenvalue weighted by Crippen LogP contribution is 2.34.